The van der Waals surface area contributed by atoms with Crippen LogP contribution in [0.4, 0.5) is 5.69 Å². The summed E-state index contributed by atoms with van der Waals surface area (Å²) in [5.74, 6) is -0.776. The van der Waals surface area contributed by atoms with Crippen LogP contribution in [-0.4, -0.2) is 32.7 Å². The van der Waals surface area contributed by atoms with Crippen LogP contribution in [0.15, 0.2) is 41.3 Å². The van der Waals surface area contributed by atoms with Crippen molar-refractivity contribution in [2.45, 2.75) is 11.8 Å². The maximum absolute atomic E-state index is 11.7. The van der Waals surface area contributed by atoms with E-state index in [0.29, 0.717) is 5.56 Å². The minimum atomic E-state index is -3.38. The maximum Gasteiger partial charge on any atom is 0.345 e. The van der Waals surface area contributed by atoms with Gasteiger partial charge in [0.1, 0.15) is 11.3 Å². The van der Waals surface area contributed by atoms with Crippen molar-refractivity contribution in [2.24, 2.45) is 0 Å². The predicted octanol–water partition coefficient (Wildman–Crippen LogP) is 2.89. The number of carbonyl (C=O) groups excluding carboxylic acids is 1. The minimum absolute atomic E-state index is 0.107. The molecule has 2 rings (SSSR count). The van der Waals surface area contributed by atoms with Gasteiger partial charge < -0.3 is 9.47 Å². The number of nitro groups is 1. The number of nitrogens with zero attached hydrogens (tertiary/aromatic N) is 1. The Bertz CT molecular complexity index is 951. The average molecular weight is 365 g/mol. The molecule has 0 radical (unpaired) electrons. The van der Waals surface area contributed by atoms with Gasteiger partial charge in [-0.2, -0.15) is 0 Å². The van der Waals surface area contributed by atoms with Crippen molar-refractivity contribution >= 4 is 21.5 Å². The first-order valence-electron chi connectivity index (χ1n) is 6.99. The number of esters is 1. The van der Waals surface area contributed by atoms with Crippen molar-refractivity contribution in [2.75, 3.05) is 13.4 Å². The number of aryl methyl sites for hydroxylation is 1. The van der Waals surface area contributed by atoms with Crippen molar-refractivity contribution in [3.63, 3.8) is 0 Å². The number of rotatable bonds is 5. The fourth-order valence-electron chi connectivity index (χ4n) is 2.15. The van der Waals surface area contributed by atoms with E-state index in [1.54, 1.807) is 6.92 Å². The van der Waals surface area contributed by atoms with E-state index in [4.69, 9.17) is 4.74 Å². The molecule has 25 heavy (non-hydrogen) atoms. The van der Waals surface area contributed by atoms with Gasteiger partial charge in [0, 0.05) is 6.26 Å². The predicted molar refractivity (Wildman–Crippen MR) is 88.8 cm³/mol. The van der Waals surface area contributed by atoms with Crippen LogP contribution in [0.1, 0.15) is 15.9 Å². The molecule has 8 nitrogen and oxygen atoms in total. The highest BCUT2D eigenvalue weighted by molar-refractivity contribution is 7.90. The van der Waals surface area contributed by atoms with Gasteiger partial charge in [-0.15, -0.1) is 0 Å². The van der Waals surface area contributed by atoms with Crippen LogP contribution in [-0.2, 0) is 14.6 Å². The largest absolute Gasteiger partial charge is 0.465 e. The third-order valence-corrected chi connectivity index (χ3v) is 4.49. The number of methoxy groups -OCH3 is 1. The topological polar surface area (TPSA) is 113 Å². The average Bonchev–Trinajstić information content (AvgIpc) is 2.54. The van der Waals surface area contributed by atoms with Gasteiger partial charge in [-0.3, -0.25) is 10.1 Å². The number of benzene rings is 2. The lowest BCUT2D eigenvalue weighted by Crippen LogP contribution is -2.07. The fraction of sp³-hybridized carbons (Fsp3) is 0.188. The number of carbonyl (C=O) groups is 1. The van der Waals surface area contributed by atoms with Crippen molar-refractivity contribution in [3.05, 3.63) is 57.6 Å². The molecule has 0 aliphatic heterocycles. The number of hydrogen-bond donors (Lipinski definition) is 0. The molecule has 0 amide bonds. The highest BCUT2D eigenvalue weighted by Crippen LogP contribution is 2.36. The zero-order valence-electron chi connectivity index (χ0n) is 13.7. The van der Waals surface area contributed by atoms with E-state index in [0.717, 1.165) is 13.4 Å². The molecule has 0 fully saturated rings. The molecular formula is C16H15NO7S. The van der Waals surface area contributed by atoms with E-state index in [9.17, 15) is 23.3 Å². The Morgan fingerprint density at radius 3 is 2.36 bits per heavy atom. The third kappa shape index (κ3) is 3.94. The third-order valence-electron chi connectivity index (χ3n) is 3.38. The summed E-state index contributed by atoms with van der Waals surface area (Å²) in [5.41, 5.74) is -0.294. The van der Waals surface area contributed by atoms with Crippen LogP contribution in [0.3, 0.4) is 0 Å². The SMILES string of the molecule is COC(=O)c1cccc(Oc2ccc(S(C)(=O)=O)cc2C)c1[N+](=O)[O-]. The van der Waals surface area contributed by atoms with Gasteiger partial charge in [-0.25, -0.2) is 13.2 Å². The number of ether oxygens (including phenoxy) is 2. The van der Waals surface area contributed by atoms with Crippen molar-refractivity contribution in [3.8, 4) is 11.5 Å². The Hall–Kier alpha value is -2.94. The van der Waals surface area contributed by atoms with Crippen LogP contribution >= 0.6 is 0 Å². The van der Waals surface area contributed by atoms with E-state index < -0.39 is 26.4 Å². The lowest BCUT2D eigenvalue weighted by molar-refractivity contribution is -0.386. The molecule has 0 bridgehead atoms. The highest BCUT2D eigenvalue weighted by Gasteiger charge is 2.27. The molecule has 0 aromatic heterocycles. The van der Waals surface area contributed by atoms with E-state index in [2.05, 4.69) is 4.74 Å². The van der Waals surface area contributed by atoms with Gasteiger partial charge in [0.15, 0.2) is 9.84 Å². The molecule has 132 valence electrons. The first-order chi connectivity index (χ1) is 11.6. The van der Waals surface area contributed by atoms with Crippen LogP contribution in [0.2, 0.25) is 0 Å². The summed E-state index contributed by atoms with van der Waals surface area (Å²) in [6.07, 6.45) is 1.08. The molecular weight excluding hydrogens is 350 g/mol. The Kier molecular flexibility index (Phi) is 5.07. The summed E-state index contributed by atoms with van der Waals surface area (Å²) in [5, 5.41) is 11.4. The smallest absolute Gasteiger partial charge is 0.345 e. The second-order valence-corrected chi connectivity index (χ2v) is 7.22. The van der Waals surface area contributed by atoms with Gasteiger partial charge in [0.25, 0.3) is 0 Å². The second-order valence-electron chi connectivity index (χ2n) is 5.20. The van der Waals surface area contributed by atoms with E-state index in [1.165, 1.54) is 36.4 Å². The molecule has 0 unspecified atom stereocenters. The first kappa shape index (κ1) is 18.4. The number of para-hydroxylation sites is 1. The van der Waals surface area contributed by atoms with Gasteiger partial charge >= 0.3 is 11.7 Å². The number of nitro benzene ring substituents is 1. The molecule has 0 spiro atoms. The highest BCUT2D eigenvalue weighted by atomic mass is 32.2. The fourth-order valence-corrected chi connectivity index (χ4v) is 2.86. The van der Waals surface area contributed by atoms with E-state index in [1.807, 2.05) is 0 Å². The van der Waals surface area contributed by atoms with Gasteiger partial charge in [0.05, 0.1) is 16.9 Å². The Balaban J connectivity index is 2.51. The summed E-state index contributed by atoms with van der Waals surface area (Å²) in [4.78, 5) is 22.5. The monoisotopic (exact) mass is 365 g/mol. The van der Waals surface area contributed by atoms with E-state index >= 15 is 0 Å². The Labute approximate surface area is 144 Å². The van der Waals surface area contributed by atoms with Crippen LogP contribution in [0.5, 0.6) is 11.5 Å². The van der Waals surface area contributed by atoms with Crippen molar-refractivity contribution in [1.82, 2.24) is 0 Å². The molecule has 0 aliphatic carbocycles. The Morgan fingerprint density at radius 2 is 1.84 bits per heavy atom. The normalized spacial score (nSPS) is 11.0. The molecule has 0 saturated carbocycles. The summed E-state index contributed by atoms with van der Waals surface area (Å²) < 4.78 is 33.2. The zero-order valence-corrected chi connectivity index (χ0v) is 14.5. The second kappa shape index (κ2) is 6.89. The number of hydrogen-bond acceptors (Lipinski definition) is 7. The number of sulfone groups is 1. The van der Waals surface area contributed by atoms with Crippen molar-refractivity contribution < 1.29 is 27.6 Å². The van der Waals surface area contributed by atoms with Gasteiger partial charge in [0.2, 0.25) is 5.75 Å². The van der Waals surface area contributed by atoms with Crippen LogP contribution < -0.4 is 4.74 Å². The molecule has 0 saturated heterocycles. The molecule has 0 heterocycles. The quantitative estimate of drug-likeness (QED) is 0.455. The first-order valence-corrected chi connectivity index (χ1v) is 8.88. The van der Waals surface area contributed by atoms with Crippen molar-refractivity contribution in [1.29, 1.82) is 0 Å². The Morgan fingerprint density at radius 1 is 1.16 bits per heavy atom. The summed E-state index contributed by atoms with van der Waals surface area (Å²) >= 11 is 0. The van der Waals surface area contributed by atoms with Crippen LogP contribution in [0, 0.1) is 17.0 Å². The molecule has 9 heteroatoms. The molecule has 0 atom stereocenters. The minimum Gasteiger partial charge on any atom is -0.465 e. The van der Waals surface area contributed by atoms with Gasteiger partial charge in [-0.05, 0) is 42.8 Å². The summed E-state index contributed by atoms with van der Waals surface area (Å²) in [7, 11) is -2.26. The lowest BCUT2D eigenvalue weighted by Gasteiger charge is -2.11. The molecule has 0 aliphatic rings. The molecule has 0 N–H and O–H groups in total. The van der Waals surface area contributed by atoms with E-state index in [-0.39, 0.29) is 22.0 Å². The summed E-state index contributed by atoms with van der Waals surface area (Å²) in [6, 6.07) is 8.17. The van der Waals surface area contributed by atoms with Gasteiger partial charge in [-0.1, -0.05) is 6.07 Å². The lowest BCUT2D eigenvalue weighted by atomic mass is 10.1. The zero-order chi connectivity index (χ0) is 18.8. The maximum atomic E-state index is 11.7. The summed E-state index contributed by atoms with van der Waals surface area (Å²) in [6.45, 7) is 1.61. The molecule has 2 aromatic carbocycles. The van der Waals surface area contributed by atoms with Crippen LogP contribution in [0.25, 0.3) is 0 Å². The molecule has 2 aromatic rings. The standard InChI is InChI=1S/C16H15NO7S/c1-10-9-11(25(3,21)22)7-8-13(10)24-14-6-4-5-12(16(18)23-2)15(14)17(19)20/h4-9H,1-3H3.